The summed E-state index contributed by atoms with van der Waals surface area (Å²) in [7, 11) is 0. The average Bonchev–Trinajstić information content (AvgIpc) is 2.46. The van der Waals surface area contributed by atoms with Crippen molar-refractivity contribution >= 4 is 5.95 Å². The van der Waals surface area contributed by atoms with Gasteiger partial charge in [0, 0.05) is 37.1 Å². The SMILES string of the molecule is Cc1nc(N2CCc3ccccc3C2)ncc1CN. The number of nitrogens with zero attached hydrogens (tertiary/aromatic N) is 3. The Morgan fingerprint density at radius 1 is 1.26 bits per heavy atom. The van der Waals surface area contributed by atoms with Crippen molar-refractivity contribution in [1.29, 1.82) is 0 Å². The highest BCUT2D eigenvalue weighted by atomic mass is 15.2. The largest absolute Gasteiger partial charge is 0.336 e. The number of rotatable bonds is 2. The van der Waals surface area contributed by atoms with Gasteiger partial charge in [-0.3, -0.25) is 0 Å². The molecule has 0 fully saturated rings. The van der Waals surface area contributed by atoms with E-state index < -0.39 is 0 Å². The molecule has 1 aromatic heterocycles. The maximum Gasteiger partial charge on any atom is 0.225 e. The summed E-state index contributed by atoms with van der Waals surface area (Å²) in [6, 6.07) is 8.58. The number of benzene rings is 1. The quantitative estimate of drug-likeness (QED) is 0.888. The summed E-state index contributed by atoms with van der Waals surface area (Å²) >= 11 is 0. The first-order valence-corrected chi connectivity index (χ1v) is 6.62. The van der Waals surface area contributed by atoms with Gasteiger partial charge in [-0.15, -0.1) is 0 Å². The van der Waals surface area contributed by atoms with Crippen LogP contribution >= 0.6 is 0 Å². The van der Waals surface area contributed by atoms with Gasteiger partial charge in [-0.25, -0.2) is 9.97 Å². The lowest BCUT2D eigenvalue weighted by atomic mass is 10.0. The van der Waals surface area contributed by atoms with Gasteiger partial charge in [0.05, 0.1) is 0 Å². The summed E-state index contributed by atoms with van der Waals surface area (Å²) in [5.41, 5.74) is 10.5. The molecule has 4 heteroatoms. The van der Waals surface area contributed by atoms with Crippen LogP contribution in [-0.2, 0) is 19.5 Å². The minimum atomic E-state index is 0.495. The van der Waals surface area contributed by atoms with Gasteiger partial charge < -0.3 is 10.6 Å². The number of nitrogens with two attached hydrogens (primary N) is 1. The van der Waals surface area contributed by atoms with E-state index in [2.05, 4.69) is 39.1 Å². The highest BCUT2D eigenvalue weighted by Crippen LogP contribution is 2.22. The molecule has 3 rings (SSSR count). The van der Waals surface area contributed by atoms with Crippen LogP contribution in [0.2, 0.25) is 0 Å². The van der Waals surface area contributed by atoms with Crippen LogP contribution in [-0.4, -0.2) is 16.5 Å². The number of fused-ring (bicyclic) bond motifs is 1. The third kappa shape index (κ3) is 2.31. The Labute approximate surface area is 113 Å². The van der Waals surface area contributed by atoms with E-state index in [1.807, 2.05) is 13.1 Å². The van der Waals surface area contributed by atoms with E-state index in [0.717, 1.165) is 36.7 Å². The number of anilines is 1. The van der Waals surface area contributed by atoms with Gasteiger partial charge in [-0.2, -0.15) is 0 Å². The van der Waals surface area contributed by atoms with Gasteiger partial charge in [-0.05, 0) is 24.5 Å². The third-order valence-electron chi connectivity index (χ3n) is 3.70. The van der Waals surface area contributed by atoms with Crippen molar-refractivity contribution in [1.82, 2.24) is 9.97 Å². The Morgan fingerprint density at radius 2 is 2.05 bits per heavy atom. The molecular weight excluding hydrogens is 236 g/mol. The summed E-state index contributed by atoms with van der Waals surface area (Å²) in [6.45, 7) is 4.34. The molecule has 2 heterocycles. The second-order valence-electron chi connectivity index (χ2n) is 4.93. The van der Waals surface area contributed by atoms with Crippen LogP contribution in [0.3, 0.4) is 0 Å². The van der Waals surface area contributed by atoms with Crippen LogP contribution in [0, 0.1) is 6.92 Å². The first-order chi connectivity index (χ1) is 9.28. The molecule has 1 aromatic carbocycles. The maximum atomic E-state index is 5.65. The van der Waals surface area contributed by atoms with E-state index in [0.29, 0.717) is 6.54 Å². The van der Waals surface area contributed by atoms with Gasteiger partial charge in [0.25, 0.3) is 0 Å². The molecule has 2 aromatic rings. The van der Waals surface area contributed by atoms with E-state index in [4.69, 9.17) is 5.73 Å². The van der Waals surface area contributed by atoms with E-state index in [1.54, 1.807) is 0 Å². The van der Waals surface area contributed by atoms with E-state index in [-0.39, 0.29) is 0 Å². The van der Waals surface area contributed by atoms with Crippen LogP contribution < -0.4 is 10.6 Å². The van der Waals surface area contributed by atoms with Gasteiger partial charge in [0.2, 0.25) is 5.95 Å². The van der Waals surface area contributed by atoms with Crippen molar-refractivity contribution in [2.75, 3.05) is 11.4 Å². The molecular formula is C15H18N4. The summed E-state index contributed by atoms with van der Waals surface area (Å²) in [6.07, 6.45) is 2.90. The minimum Gasteiger partial charge on any atom is -0.336 e. The summed E-state index contributed by atoms with van der Waals surface area (Å²) in [5, 5.41) is 0. The Bertz CT molecular complexity index is 594. The fraction of sp³-hybridized carbons (Fsp3) is 0.333. The lowest BCUT2D eigenvalue weighted by Crippen LogP contribution is -2.32. The highest BCUT2D eigenvalue weighted by Gasteiger charge is 2.18. The van der Waals surface area contributed by atoms with Crippen LogP contribution in [0.1, 0.15) is 22.4 Å². The normalized spacial score (nSPS) is 14.3. The zero-order chi connectivity index (χ0) is 13.2. The molecule has 2 N–H and O–H groups in total. The molecule has 98 valence electrons. The number of aromatic nitrogens is 2. The molecule has 19 heavy (non-hydrogen) atoms. The molecule has 0 spiro atoms. The van der Waals surface area contributed by atoms with E-state index in [9.17, 15) is 0 Å². The smallest absolute Gasteiger partial charge is 0.225 e. The van der Waals surface area contributed by atoms with Gasteiger partial charge >= 0.3 is 0 Å². The molecule has 0 aliphatic carbocycles. The molecule has 1 aliphatic rings. The monoisotopic (exact) mass is 254 g/mol. The van der Waals surface area contributed by atoms with Crippen molar-refractivity contribution in [2.45, 2.75) is 26.4 Å². The summed E-state index contributed by atoms with van der Waals surface area (Å²) in [5.74, 6) is 0.809. The van der Waals surface area contributed by atoms with Gasteiger partial charge in [0.1, 0.15) is 0 Å². The van der Waals surface area contributed by atoms with Crippen molar-refractivity contribution < 1.29 is 0 Å². The van der Waals surface area contributed by atoms with Crippen LogP contribution in [0.5, 0.6) is 0 Å². The first-order valence-electron chi connectivity index (χ1n) is 6.62. The fourth-order valence-electron chi connectivity index (χ4n) is 2.50. The molecule has 0 unspecified atom stereocenters. The van der Waals surface area contributed by atoms with E-state index >= 15 is 0 Å². The Balaban J connectivity index is 1.87. The molecule has 0 saturated heterocycles. The zero-order valence-corrected chi connectivity index (χ0v) is 11.1. The maximum absolute atomic E-state index is 5.65. The average molecular weight is 254 g/mol. The Morgan fingerprint density at radius 3 is 2.79 bits per heavy atom. The number of aryl methyl sites for hydroxylation is 1. The summed E-state index contributed by atoms with van der Waals surface area (Å²) in [4.78, 5) is 11.2. The molecule has 1 aliphatic heterocycles. The fourth-order valence-corrected chi connectivity index (χ4v) is 2.50. The van der Waals surface area contributed by atoms with Crippen molar-refractivity contribution in [3.05, 3.63) is 52.8 Å². The summed E-state index contributed by atoms with van der Waals surface area (Å²) < 4.78 is 0. The molecule has 0 amide bonds. The standard InChI is InChI=1S/C15H18N4/c1-11-14(8-16)9-17-15(18-11)19-7-6-12-4-2-3-5-13(12)10-19/h2-5,9H,6-8,10,16H2,1H3. The van der Waals surface area contributed by atoms with Gasteiger partial charge in [-0.1, -0.05) is 24.3 Å². The van der Waals surface area contributed by atoms with Crippen LogP contribution in [0.4, 0.5) is 5.95 Å². The van der Waals surface area contributed by atoms with E-state index in [1.165, 1.54) is 11.1 Å². The first kappa shape index (κ1) is 12.1. The number of hydrogen-bond acceptors (Lipinski definition) is 4. The third-order valence-corrected chi connectivity index (χ3v) is 3.70. The number of hydrogen-bond donors (Lipinski definition) is 1. The molecule has 4 nitrogen and oxygen atoms in total. The van der Waals surface area contributed by atoms with Crippen molar-refractivity contribution in [3.8, 4) is 0 Å². The second-order valence-corrected chi connectivity index (χ2v) is 4.93. The predicted molar refractivity (Wildman–Crippen MR) is 75.9 cm³/mol. The molecule has 0 bridgehead atoms. The molecule has 0 radical (unpaired) electrons. The predicted octanol–water partition coefficient (Wildman–Crippen LogP) is 1.81. The zero-order valence-electron chi connectivity index (χ0n) is 11.1. The highest BCUT2D eigenvalue weighted by molar-refractivity contribution is 5.40. The Kier molecular flexibility index (Phi) is 3.17. The Hall–Kier alpha value is -1.94. The second kappa shape index (κ2) is 4.97. The molecule has 0 saturated carbocycles. The topological polar surface area (TPSA) is 55.0 Å². The molecule has 0 atom stereocenters. The van der Waals surface area contributed by atoms with Crippen LogP contribution in [0.25, 0.3) is 0 Å². The van der Waals surface area contributed by atoms with Crippen LogP contribution in [0.15, 0.2) is 30.5 Å². The lowest BCUT2D eigenvalue weighted by molar-refractivity contribution is 0.703. The minimum absolute atomic E-state index is 0.495. The van der Waals surface area contributed by atoms with Gasteiger partial charge in [0.15, 0.2) is 0 Å². The van der Waals surface area contributed by atoms with Crippen molar-refractivity contribution in [2.24, 2.45) is 5.73 Å². The lowest BCUT2D eigenvalue weighted by Gasteiger charge is -2.29. The van der Waals surface area contributed by atoms with Crippen molar-refractivity contribution in [3.63, 3.8) is 0 Å².